The molecule has 0 unspecified atom stereocenters. The standard InChI is InChI=1S/C38H31Cl2FN8O4/c1-20-30(21(2)53-47-20)24-8-9-29(43-18-24)37(10-11-37)46-33(51)38(12-13-38)45-32(50)28-19-44-35-48(25-14-26(39)31(41)27(40)15-25)34(52)36(3,49(28)35)16-22-4-6-23(17-42)7-5-22/h4-9,14-15,18-19H,10-13,16H2,1-3H3,(H,45,50)(H,46,51)/t36-/m1/s1. The molecular weight excluding hydrogens is 722 g/mol. The van der Waals surface area contributed by atoms with Gasteiger partial charge in [-0.2, -0.15) is 5.26 Å². The van der Waals surface area contributed by atoms with Gasteiger partial charge in [-0.3, -0.25) is 23.9 Å². The molecule has 268 valence electrons. The first-order valence-corrected chi connectivity index (χ1v) is 17.7. The summed E-state index contributed by atoms with van der Waals surface area (Å²) in [6.45, 7) is 5.38. The van der Waals surface area contributed by atoms with Crippen molar-refractivity contribution < 1.29 is 23.3 Å². The fourth-order valence-corrected chi connectivity index (χ4v) is 7.64. The number of anilines is 2. The molecule has 2 aliphatic carbocycles. The summed E-state index contributed by atoms with van der Waals surface area (Å²) >= 11 is 12.3. The molecule has 2 saturated carbocycles. The van der Waals surface area contributed by atoms with Gasteiger partial charge in [-0.25, -0.2) is 14.3 Å². The Morgan fingerprint density at radius 3 is 2.26 bits per heavy atom. The lowest BCUT2D eigenvalue weighted by molar-refractivity contribution is -0.125. The van der Waals surface area contributed by atoms with Crippen molar-refractivity contribution in [1.82, 2.24) is 30.3 Å². The Morgan fingerprint density at radius 2 is 1.70 bits per heavy atom. The maximum absolute atomic E-state index is 14.4. The van der Waals surface area contributed by atoms with E-state index in [9.17, 15) is 24.0 Å². The number of fused-ring (bicyclic) bond motifs is 1. The summed E-state index contributed by atoms with van der Waals surface area (Å²) in [6, 6.07) is 15.2. The summed E-state index contributed by atoms with van der Waals surface area (Å²) < 4.78 is 21.2. The van der Waals surface area contributed by atoms with Crippen molar-refractivity contribution in [3.63, 3.8) is 0 Å². The predicted molar refractivity (Wildman–Crippen MR) is 192 cm³/mol. The average molecular weight is 754 g/mol. The number of halogens is 3. The van der Waals surface area contributed by atoms with Gasteiger partial charge in [0.1, 0.15) is 22.5 Å². The van der Waals surface area contributed by atoms with E-state index in [1.807, 2.05) is 26.0 Å². The number of pyridine rings is 1. The zero-order chi connectivity index (χ0) is 37.4. The van der Waals surface area contributed by atoms with E-state index < -0.39 is 34.2 Å². The van der Waals surface area contributed by atoms with Gasteiger partial charge in [0.2, 0.25) is 11.9 Å². The highest BCUT2D eigenvalue weighted by atomic mass is 35.5. The van der Waals surface area contributed by atoms with Crippen LogP contribution in [0.15, 0.2) is 65.4 Å². The molecule has 2 aromatic carbocycles. The van der Waals surface area contributed by atoms with Crippen molar-refractivity contribution in [2.24, 2.45) is 0 Å². The molecule has 1 atom stereocenters. The molecular formula is C38H31Cl2FN8O4. The summed E-state index contributed by atoms with van der Waals surface area (Å²) in [5.41, 5.74) is 1.35. The number of aryl methyl sites for hydroxylation is 2. The Bertz CT molecular complexity index is 2350. The minimum atomic E-state index is -1.42. The first-order chi connectivity index (χ1) is 25.3. The summed E-state index contributed by atoms with van der Waals surface area (Å²) in [5, 5.41) is 18.8. The van der Waals surface area contributed by atoms with Crippen LogP contribution in [0.3, 0.4) is 0 Å². The minimum Gasteiger partial charge on any atom is -0.361 e. The monoisotopic (exact) mass is 752 g/mol. The van der Waals surface area contributed by atoms with E-state index in [2.05, 4.69) is 31.8 Å². The smallest absolute Gasteiger partial charge is 0.270 e. The zero-order valence-corrected chi connectivity index (χ0v) is 30.3. The normalized spacial score (nSPS) is 19.0. The number of amides is 3. The highest BCUT2D eigenvalue weighted by molar-refractivity contribution is 6.35. The van der Waals surface area contributed by atoms with Crippen LogP contribution in [0.2, 0.25) is 10.0 Å². The van der Waals surface area contributed by atoms with Gasteiger partial charge in [-0.15, -0.1) is 0 Å². The maximum Gasteiger partial charge on any atom is 0.270 e. The molecule has 3 amide bonds. The maximum atomic E-state index is 14.4. The molecule has 12 nitrogen and oxygen atoms in total. The fourth-order valence-electron chi connectivity index (χ4n) is 7.17. The Kier molecular flexibility index (Phi) is 7.97. The second-order valence-electron chi connectivity index (χ2n) is 14.1. The van der Waals surface area contributed by atoms with Gasteiger partial charge < -0.3 is 15.2 Å². The number of aromatic nitrogens is 4. The average Bonchev–Trinajstić information content (AvgIpc) is 4.01. The number of hydrogen-bond donors (Lipinski definition) is 2. The quantitative estimate of drug-likeness (QED) is 0.160. The van der Waals surface area contributed by atoms with E-state index in [1.165, 1.54) is 27.8 Å². The Hall–Kier alpha value is -5.58. The molecule has 0 saturated heterocycles. The number of nitrogens with zero attached hydrogens (tertiary/aromatic N) is 6. The van der Waals surface area contributed by atoms with Crippen molar-refractivity contribution in [3.8, 4) is 17.2 Å². The van der Waals surface area contributed by atoms with E-state index in [1.54, 1.807) is 37.4 Å². The Morgan fingerprint density at radius 1 is 1.00 bits per heavy atom. The first kappa shape index (κ1) is 34.5. The van der Waals surface area contributed by atoms with Crippen LogP contribution >= 0.6 is 23.2 Å². The summed E-state index contributed by atoms with van der Waals surface area (Å²) in [6.07, 6.45) is 5.42. The van der Waals surface area contributed by atoms with E-state index >= 15 is 0 Å². The molecule has 2 N–H and O–H groups in total. The van der Waals surface area contributed by atoms with Crippen molar-refractivity contribution in [3.05, 3.63) is 111 Å². The summed E-state index contributed by atoms with van der Waals surface area (Å²) in [4.78, 5) is 52.9. The molecule has 5 aromatic rings. The van der Waals surface area contributed by atoms with Crippen molar-refractivity contribution in [1.29, 1.82) is 5.26 Å². The van der Waals surface area contributed by atoms with Crippen LogP contribution in [0, 0.1) is 31.0 Å². The second kappa shape index (κ2) is 12.2. The highest BCUT2D eigenvalue weighted by Gasteiger charge is 2.57. The second-order valence-corrected chi connectivity index (χ2v) is 14.9. The molecule has 3 aliphatic rings. The van der Waals surface area contributed by atoms with Crippen molar-refractivity contribution in [2.45, 2.75) is 69.5 Å². The number of rotatable bonds is 9. The number of nitriles is 1. The number of imidazole rings is 1. The van der Waals surface area contributed by atoms with E-state index in [-0.39, 0.29) is 39.7 Å². The lowest BCUT2D eigenvalue weighted by Gasteiger charge is -2.27. The highest BCUT2D eigenvalue weighted by Crippen LogP contribution is 2.48. The van der Waals surface area contributed by atoms with Gasteiger partial charge in [-0.05, 0) is 82.3 Å². The van der Waals surface area contributed by atoms with Crippen LogP contribution in [0.5, 0.6) is 0 Å². The molecule has 8 rings (SSSR count). The van der Waals surface area contributed by atoms with Crippen molar-refractivity contribution in [2.75, 3.05) is 4.90 Å². The topological polar surface area (TPSA) is 159 Å². The zero-order valence-electron chi connectivity index (χ0n) is 28.8. The Balaban J connectivity index is 1.08. The molecule has 0 spiro atoms. The molecule has 1 aliphatic heterocycles. The van der Waals surface area contributed by atoms with Gasteiger partial charge in [0.25, 0.3) is 11.8 Å². The van der Waals surface area contributed by atoms with E-state index in [0.717, 1.165) is 22.5 Å². The lowest BCUT2D eigenvalue weighted by Crippen LogP contribution is -2.52. The third-order valence-electron chi connectivity index (χ3n) is 10.4. The number of carbonyl (C=O) groups is 3. The van der Waals surface area contributed by atoms with Crippen LogP contribution in [0.4, 0.5) is 16.0 Å². The Labute approximate surface area is 312 Å². The van der Waals surface area contributed by atoms with Crippen LogP contribution in [-0.4, -0.2) is 43.0 Å². The summed E-state index contributed by atoms with van der Waals surface area (Å²) in [7, 11) is 0. The molecule has 53 heavy (non-hydrogen) atoms. The van der Waals surface area contributed by atoms with Crippen LogP contribution in [0.25, 0.3) is 11.1 Å². The predicted octanol–water partition coefficient (Wildman–Crippen LogP) is 6.57. The van der Waals surface area contributed by atoms with Gasteiger partial charge in [-0.1, -0.05) is 46.6 Å². The van der Waals surface area contributed by atoms with Crippen LogP contribution in [0.1, 0.15) is 71.4 Å². The third kappa shape index (κ3) is 5.64. The molecule has 3 aromatic heterocycles. The number of hydrogen-bond acceptors (Lipinski definition) is 8. The minimum absolute atomic E-state index is 0.0445. The van der Waals surface area contributed by atoms with Gasteiger partial charge in [0.05, 0.1) is 50.5 Å². The molecule has 2 fully saturated rings. The molecule has 0 bridgehead atoms. The first-order valence-electron chi connectivity index (χ1n) is 16.9. The SMILES string of the molecule is Cc1noc(C)c1-c1ccc(C2(NC(=O)C3(NC(=O)c4cnc5n4[C@](C)(Cc4ccc(C#N)cc4)C(=O)N5c4cc(Cl)c(F)c(Cl)c4)CC3)CC2)nc1. The van der Waals surface area contributed by atoms with Crippen LogP contribution in [-0.2, 0) is 27.1 Å². The van der Waals surface area contributed by atoms with E-state index in [0.29, 0.717) is 42.6 Å². The summed E-state index contributed by atoms with van der Waals surface area (Å²) in [5.74, 6) is -1.45. The van der Waals surface area contributed by atoms with Crippen molar-refractivity contribution >= 4 is 52.6 Å². The fraction of sp³-hybridized carbons (Fsp3) is 0.289. The van der Waals surface area contributed by atoms with Gasteiger partial charge >= 0.3 is 0 Å². The van der Waals surface area contributed by atoms with Gasteiger partial charge in [0.15, 0.2) is 5.82 Å². The third-order valence-corrected chi connectivity index (χ3v) is 11.0. The molecule has 4 heterocycles. The molecule has 0 radical (unpaired) electrons. The number of benzene rings is 2. The lowest BCUT2D eigenvalue weighted by atomic mass is 9.91. The number of nitrogens with one attached hydrogen (secondary N) is 2. The molecule has 15 heteroatoms. The van der Waals surface area contributed by atoms with Crippen LogP contribution < -0.4 is 15.5 Å². The van der Waals surface area contributed by atoms with E-state index in [4.69, 9.17) is 27.7 Å². The number of carbonyl (C=O) groups excluding carboxylic acids is 3. The largest absolute Gasteiger partial charge is 0.361 e. The van der Waals surface area contributed by atoms with Gasteiger partial charge in [0, 0.05) is 23.7 Å².